The molecule has 1 aromatic carbocycles. The number of hydrogen-bond acceptors (Lipinski definition) is 2. The van der Waals surface area contributed by atoms with E-state index in [0.29, 0.717) is 18.4 Å². The van der Waals surface area contributed by atoms with E-state index in [4.69, 9.17) is 0 Å². The van der Waals surface area contributed by atoms with Crippen LogP contribution in [0.15, 0.2) is 30.3 Å². The highest BCUT2D eigenvalue weighted by Gasteiger charge is 2.42. The molecule has 3 rings (SSSR count). The quantitative estimate of drug-likeness (QED) is 0.658. The largest absolute Gasteiger partial charge is 0.392 e. The monoisotopic (exact) mass is 357 g/mol. The molecule has 1 amide bonds. The molecule has 1 aliphatic heterocycles. The number of aliphatic hydroxyl groups excluding tert-OH is 1. The van der Waals surface area contributed by atoms with Crippen LogP contribution in [-0.2, 0) is 11.2 Å². The molecule has 0 bridgehead atoms. The fourth-order valence-corrected chi connectivity index (χ4v) is 5.03. The molecule has 0 radical (unpaired) electrons. The predicted octanol–water partition coefficient (Wildman–Crippen LogP) is 4.72. The van der Waals surface area contributed by atoms with Gasteiger partial charge in [-0.1, -0.05) is 50.1 Å². The van der Waals surface area contributed by atoms with E-state index in [1.165, 1.54) is 12.0 Å². The van der Waals surface area contributed by atoms with Crippen LogP contribution in [-0.4, -0.2) is 34.6 Å². The van der Waals surface area contributed by atoms with Crippen molar-refractivity contribution < 1.29 is 9.90 Å². The molecule has 26 heavy (non-hydrogen) atoms. The second-order valence-corrected chi connectivity index (χ2v) is 8.43. The Labute approximate surface area is 158 Å². The van der Waals surface area contributed by atoms with Gasteiger partial charge in [0.05, 0.1) is 6.10 Å². The highest BCUT2D eigenvalue weighted by Crippen LogP contribution is 2.48. The van der Waals surface area contributed by atoms with Crippen LogP contribution < -0.4 is 0 Å². The first-order valence-corrected chi connectivity index (χ1v) is 10.7. The summed E-state index contributed by atoms with van der Waals surface area (Å²) >= 11 is 0. The molecular formula is C23H35NO2. The van der Waals surface area contributed by atoms with Crippen LogP contribution in [0, 0.1) is 5.41 Å². The van der Waals surface area contributed by atoms with Gasteiger partial charge in [0.1, 0.15) is 0 Å². The molecular weight excluding hydrogens is 322 g/mol. The first-order valence-electron chi connectivity index (χ1n) is 10.7. The van der Waals surface area contributed by atoms with Crippen LogP contribution >= 0.6 is 0 Å². The van der Waals surface area contributed by atoms with Crippen LogP contribution in [0.4, 0.5) is 0 Å². The molecule has 2 fully saturated rings. The third-order valence-corrected chi connectivity index (χ3v) is 6.75. The number of hydrogen-bond donors (Lipinski definition) is 1. The van der Waals surface area contributed by atoms with Gasteiger partial charge in [-0.2, -0.15) is 0 Å². The molecule has 0 aromatic heterocycles. The van der Waals surface area contributed by atoms with E-state index in [9.17, 15) is 9.90 Å². The number of aliphatic hydroxyl groups is 1. The molecule has 3 heteroatoms. The molecule has 1 unspecified atom stereocenters. The third-order valence-electron chi connectivity index (χ3n) is 6.75. The van der Waals surface area contributed by atoms with Crippen LogP contribution in [0.3, 0.4) is 0 Å². The maximum atomic E-state index is 12.3. The molecule has 1 saturated heterocycles. The first kappa shape index (κ1) is 19.4. The zero-order valence-corrected chi connectivity index (χ0v) is 16.3. The van der Waals surface area contributed by atoms with Crippen LogP contribution in [0.25, 0.3) is 0 Å². The smallest absolute Gasteiger partial charge is 0.222 e. The second kappa shape index (κ2) is 9.03. The normalized spacial score (nSPS) is 23.1. The van der Waals surface area contributed by atoms with Gasteiger partial charge < -0.3 is 10.0 Å². The molecule has 2 atom stereocenters. The Hall–Kier alpha value is -1.35. The molecule has 144 valence electrons. The van der Waals surface area contributed by atoms with E-state index in [1.54, 1.807) is 0 Å². The lowest BCUT2D eigenvalue weighted by molar-refractivity contribution is -0.130. The Kier molecular flexibility index (Phi) is 6.74. The summed E-state index contributed by atoms with van der Waals surface area (Å²) < 4.78 is 0. The maximum absolute atomic E-state index is 12.3. The third kappa shape index (κ3) is 4.49. The average Bonchev–Trinajstić information content (AvgIpc) is 2.97. The fraction of sp³-hybridized carbons (Fsp3) is 0.696. The minimum atomic E-state index is -0.241. The van der Waals surface area contributed by atoms with Crippen molar-refractivity contribution in [3.63, 3.8) is 0 Å². The zero-order valence-electron chi connectivity index (χ0n) is 16.3. The summed E-state index contributed by atoms with van der Waals surface area (Å²) in [6.45, 7) is 2.95. The lowest BCUT2D eigenvalue weighted by Crippen LogP contribution is -2.44. The Morgan fingerprint density at radius 2 is 2.04 bits per heavy atom. The molecule has 2 aliphatic rings. The zero-order chi connectivity index (χ0) is 18.4. The SMILES string of the molecule is CCCC1([C@@H](O)CCN2C(=O)CCC2CCCc2ccccc2)CCC1. The van der Waals surface area contributed by atoms with Gasteiger partial charge in [0.15, 0.2) is 0 Å². The molecule has 1 aromatic rings. The van der Waals surface area contributed by atoms with Crippen molar-refractivity contribution in [3.8, 4) is 0 Å². The lowest BCUT2D eigenvalue weighted by Gasteiger charge is -2.46. The summed E-state index contributed by atoms with van der Waals surface area (Å²) in [5.74, 6) is 0.292. The topological polar surface area (TPSA) is 40.5 Å². The number of carbonyl (C=O) groups excluding carboxylic acids is 1. The number of aryl methyl sites for hydroxylation is 1. The average molecular weight is 358 g/mol. The van der Waals surface area contributed by atoms with Gasteiger partial charge in [-0.25, -0.2) is 0 Å². The van der Waals surface area contributed by atoms with Gasteiger partial charge in [-0.15, -0.1) is 0 Å². The molecule has 1 N–H and O–H groups in total. The van der Waals surface area contributed by atoms with Gasteiger partial charge in [0.25, 0.3) is 0 Å². The number of nitrogens with zero attached hydrogens (tertiary/aromatic N) is 1. The fourth-order valence-electron chi connectivity index (χ4n) is 5.03. The Bertz CT molecular complexity index is 567. The van der Waals surface area contributed by atoms with Crippen molar-refractivity contribution in [2.24, 2.45) is 5.41 Å². The van der Waals surface area contributed by atoms with Crippen molar-refractivity contribution >= 4 is 5.91 Å². The van der Waals surface area contributed by atoms with Crippen molar-refractivity contribution in [3.05, 3.63) is 35.9 Å². The highest BCUT2D eigenvalue weighted by molar-refractivity contribution is 5.78. The van der Waals surface area contributed by atoms with Gasteiger partial charge in [-0.3, -0.25) is 4.79 Å². The summed E-state index contributed by atoms with van der Waals surface area (Å²) in [6, 6.07) is 11.0. The number of likely N-dealkylation sites (tertiary alicyclic amines) is 1. The highest BCUT2D eigenvalue weighted by atomic mass is 16.3. The van der Waals surface area contributed by atoms with E-state index in [2.05, 4.69) is 42.2 Å². The predicted molar refractivity (Wildman–Crippen MR) is 106 cm³/mol. The van der Waals surface area contributed by atoms with E-state index in [1.807, 2.05) is 0 Å². The van der Waals surface area contributed by atoms with Crippen LogP contribution in [0.5, 0.6) is 0 Å². The number of carbonyl (C=O) groups is 1. The second-order valence-electron chi connectivity index (χ2n) is 8.43. The summed E-state index contributed by atoms with van der Waals surface area (Å²) in [6.07, 6.45) is 11.3. The van der Waals surface area contributed by atoms with Gasteiger partial charge in [0.2, 0.25) is 5.91 Å². The maximum Gasteiger partial charge on any atom is 0.222 e. The van der Waals surface area contributed by atoms with Crippen LogP contribution in [0.1, 0.15) is 76.7 Å². The number of benzene rings is 1. The van der Waals surface area contributed by atoms with E-state index in [-0.39, 0.29) is 11.5 Å². The van der Waals surface area contributed by atoms with Crippen molar-refractivity contribution in [2.75, 3.05) is 6.54 Å². The van der Waals surface area contributed by atoms with E-state index >= 15 is 0 Å². The summed E-state index contributed by atoms with van der Waals surface area (Å²) in [5.41, 5.74) is 1.53. The Morgan fingerprint density at radius 3 is 2.69 bits per heavy atom. The standard InChI is InChI=1S/C23H35NO2/c1-2-15-23(16-7-17-23)21(25)14-18-24-20(12-13-22(24)26)11-6-10-19-8-4-3-5-9-19/h3-5,8-9,20-21,25H,2,6-7,10-18H2,1H3/t20?,21-/m0/s1. The molecule has 0 spiro atoms. The van der Waals surface area contributed by atoms with Gasteiger partial charge in [0, 0.05) is 19.0 Å². The Morgan fingerprint density at radius 1 is 1.27 bits per heavy atom. The Balaban J connectivity index is 1.46. The molecule has 1 saturated carbocycles. The van der Waals surface area contributed by atoms with Gasteiger partial charge in [-0.05, 0) is 62.3 Å². The van der Waals surface area contributed by atoms with E-state index < -0.39 is 0 Å². The number of amides is 1. The van der Waals surface area contributed by atoms with Gasteiger partial charge >= 0.3 is 0 Å². The van der Waals surface area contributed by atoms with E-state index in [0.717, 1.165) is 64.3 Å². The van der Waals surface area contributed by atoms with Crippen molar-refractivity contribution in [1.82, 2.24) is 4.90 Å². The minimum Gasteiger partial charge on any atom is -0.392 e. The first-order chi connectivity index (χ1) is 12.6. The summed E-state index contributed by atoms with van der Waals surface area (Å²) in [4.78, 5) is 14.4. The number of rotatable bonds is 10. The summed E-state index contributed by atoms with van der Waals surface area (Å²) in [7, 11) is 0. The van der Waals surface area contributed by atoms with Crippen molar-refractivity contribution in [2.45, 2.75) is 89.7 Å². The molecule has 1 heterocycles. The van der Waals surface area contributed by atoms with Crippen LogP contribution in [0.2, 0.25) is 0 Å². The summed E-state index contributed by atoms with van der Waals surface area (Å²) in [5, 5.41) is 10.8. The molecule has 3 nitrogen and oxygen atoms in total. The lowest BCUT2D eigenvalue weighted by atomic mass is 9.62. The minimum absolute atomic E-state index is 0.153. The molecule has 1 aliphatic carbocycles. The van der Waals surface area contributed by atoms with Crippen molar-refractivity contribution in [1.29, 1.82) is 0 Å².